The number of aromatic nitrogens is 1. The number of ether oxygens (including phenoxy) is 1. The van der Waals surface area contributed by atoms with Crippen LogP contribution in [-0.4, -0.2) is 66.1 Å². The normalized spacial score (nSPS) is 25.3. The molecule has 1 aromatic heterocycles. The zero-order valence-electron chi connectivity index (χ0n) is 16.3. The predicted molar refractivity (Wildman–Crippen MR) is 101 cm³/mol. The minimum atomic E-state index is 0.143. The van der Waals surface area contributed by atoms with Crippen molar-refractivity contribution in [3.8, 4) is 0 Å². The summed E-state index contributed by atoms with van der Waals surface area (Å²) >= 11 is 0. The largest absolute Gasteiger partial charge is 0.381 e. The van der Waals surface area contributed by atoms with Crippen LogP contribution < -0.4 is 0 Å². The SMILES string of the molecule is Cc1cc(C(=O)N2CC3(C[C@@H](COCC4CC4)CCN3C)C2)cc(C)n1. The highest BCUT2D eigenvalue weighted by Crippen LogP contribution is 2.39. The van der Waals surface area contributed by atoms with E-state index < -0.39 is 0 Å². The summed E-state index contributed by atoms with van der Waals surface area (Å²) in [6.45, 7) is 8.51. The summed E-state index contributed by atoms with van der Waals surface area (Å²) in [5.74, 6) is 1.61. The van der Waals surface area contributed by atoms with Crippen LogP contribution in [0.25, 0.3) is 0 Å². The molecule has 5 heteroatoms. The highest BCUT2D eigenvalue weighted by molar-refractivity contribution is 5.95. The smallest absolute Gasteiger partial charge is 0.254 e. The van der Waals surface area contributed by atoms with Gasteiger partial charge in [-0.2, -0.15) is 0 Å². The number of amides is 1. The van der Waals surface area contributed by atoms with Crippen molar-refractivity contribution in [2.24, 2.45) is 11.8 Å². The van der Waals surface area contributed by atoms with Gasteiger partial charge in [0.1, 0.15) is 0 Å². The molecule has 5 nitrogen and oxygen atoms in total. The molecule has 0 aromatic carbocycles. The number of carbonyl (C=O) groups excluding carboxylic acids is 1. The van der Waals surface area contributed by atoms with E-state index in [1.165, 1.54) is 19.3 Å². The first-order valence-corrected chi connectivity index (χ1v) is 9.99. The van der Waals surface area contributed by atoms with Crippen molar-refractivity contribution in [1.82, 2.24) is 14.8 Å². The number of rotatable bonds is 5. The molecule has 142 valence electrons. The maximum Gasteiger partial charge on any atom is 0.254 e. The van der Waals surface area contributed by atoms with Gasteiger partial charge in [0.25, 0.3) is 5.91 Å². The van der Waals surface area contributed by atoms with Gasteiger partial charge in [-0.15, -0.1) is 0 Å². The highest BCUT2D eigenvalue weighted by Gasteiger charge is 2.51. The molecule has 3 aliphatic rings. The van der Waals surface area contributed by atoms with E-state index in [2.05, 4.69) is 16.9 Å². The van der Waals surface area contributed by atoms with Crippen LogP contribution in [0.4, 0.5) is 0 Å². The summed E-state index contributed by atoms with van der Waals surface area (Å²) in [4.78, 5) is 21.7. The predicted octanol–water partition coefficient (Wildman–Crippen LogP) is 2.66. The molecule has 3 fully saturated rings. The number of likely N-dealkylation sites (N-methyl/N-ethyl adjacent to an activating group) is 1. The number of aryl methyl sites for hydroxylation is 2. The van der Waals surface area contributed by atoms with Crippen LogP contribution in [0.2, 0.25) is 0 Å². The Morgan fingerprint density at radius 1 is 1.15 bits per heavy atom. The lowest BCUT2D eigenvalue weighted by Gasteiger charge is -2.58. The number of hydrogen-bond donors (Lipinski definition) is 0. The monoisotopic (exact) mass is 357 g/mol. The van der Waals surface area contributed by atoms with E-state index in [1.807, 2.05) is 30.9 Å². The summed E-state index contributed by atoms with van der Waals surface area (Å²) in [6.07, 6.45) is 5.05. The molecule has 1 saturated carbocycles. The summed E-state index contributed by atoms with van der Waals surface area (Å²) in [5, 5.41) is 0. The Balaban J connectivity index is 1.35. The first kappa shape index (κ1) is 17.9. The van der Waals surface area contributed by atoms with Gasteiger partial charge in [-0.25, -0.2) is 0 Å². The molecule has 0 unspecified atom stereocenters. The summed E-state index contributed by atoms with van der Waals surface area (Å²) in [5.41, 5.74) is 2.74. The van der Waals surface area contributed by atoms with Crippen molar-refractivity contribution >= 4 is 5.91 Å². The first-order valence-electron chi connectivity index (χ1n) is 9.99. The van der Waals surface area contributed by atoms with Crippen LogP contribution in [0.5, 0.6) is 0 Å². The van der Waals surface area contributed by atoms with E-state index in [0.717, 1.165) is 62.1 Å². The number of nitrogens with zero attached hydrogens (tertiary/aromatic N) is 3. The third kappa shape index (κ3) is 3.65. The second-order valence-corrected chi connectivity index (χ2v) is 8.79. The van der Waals surface area contributed by atoms with Gasteiger partial charge >= 0.3 is 0 Å². The van der Waals surface area contributed by atoms with Gasteiger partial charge in [0.05, 0.1) is 5.54 Å². The topological polar surface area (TPSA) is 45.7 Å². The van der Waals surface area contributed by atoms with Crippen LogP contribution in [0.15, 0.2) is 12.1 Å². The molecule has 3 heterocycles. The van der Waals surface area contributed by atoms with E-state index in [4.69, 9.17) is 4.74 Å². The maximum atomic E-state index is 12.9. The lowest BCUT2D eigenvalue weighted by molar-refractivity contribution is -0.0761. The molecule has 1 aliphatic carbocycles. The van der Waals surface area contributed by atoms with E-state index >= 15 is 0 Å². The molecule has 26 heavy (non-hydrogen) atoms. The zero-order chi connectivity index (χ0) is 18.3. The van der Waals surface area contributed by atoms with Gasteiger partial charge in [-0.05, 0) is 77.1 Å². The Kier molecular flexibility index (Phi) is 4.78. The van der Waals surface area contributed by atoms with Gasteiger partial charge in [-0.3, -0.25) is 14.7 Å². The van der Waals surface area contributed by atoms with Crippen LogP contribution in [0.3, 0.4) is 0 Å². The van der Waals surface area contributed by atoms with Crippen LogP contribution in [-0.2, 0) is 4.74 Å². The summed E-state index contributed by atoms with van der Waals surface area (Å²) < 4.78 is 5.96. The molecule has 1 aromatic rings. The van der Waals surface area contributed by atoms with Crippen LogP contribution in [0.1, 0.15) is 47.4 Å². The molecule has 4 rings (SSSR count). The molecular formula is C21H31N3O2. The lowest BCUT2D eigenvalue weighted by atomic mass is 9.75. The van der Waals surface area contributed by atoms with Gasteiger partial charge in [-0.1, -0.05) is 0 Å². The van der Waals surface area contributed by atoms with E-state index in [0.29, 0.717) is 5.92 Å². The lowest BCUT2D eigenvalue weighted by Crippen LogP contribution is -2.72. The third-order valence-corrected chi connectivity index (χ3v) is 6.34. The zero-order valence-corrected chi connectivity index (χ0v) is 16.3. The van der Waals surface area contributed by atoms with Gasteiger partial charge in [0.2, 0.25) is 0 Å². The molecule has 1 spiro atoms. The van der Waals surface area contributed by atoms with Crippen LogP contribution in [0, 0.1) is 25.7 Å². The van der Waals surface area contributed by atoms with E-state index in [9.17, 15) is 4.79 Å². The van der Waals surface area contributed by atoms with E-state index in [1.54, 1.807) is 0 Å². The second-order valence-electron chi connectivity index (χ2n) is 8.79. The molecule has 1 atom stereocenters. The Labute approximate surface area is 156 Å². The molecular weight excluding hydrogens is 326 g/mol. The Hall–Kier alpha value is -1.46. The Morgan fingerprint density at radius 2 is 1.81 bits per heavy atom. The molecule has 0 radical (unpaired) electrons. The molecule has 2 saturated heterocycles. The number of likely N-dealkylation sites (tertiary alicyclic amines) is 2. The minimum Gasteiger partial charge on any atom is -0.381 e. The fourth-order valence-corrected chi connectivity index (χ4v) is 4.56. The Bertz CT molecular complexity index is 660. The molecule has 0 N–H and O–H groups in total. The van der Waals surface area contributed by atoms with Crippen molar-refractivity contribution in [2.45, 2.75) is 45.1 Å². The Morgan fingerprint density at radius 3 is 2.46 bits per heavy atom. The molecule has 0 bridgehead atoms. The van der Waals surface area contributed by atoms with Gasteiger partial charge < -0.3 is 9.64 Å². The number of pyridine rings is 1. The van der Waals surface area contributed by atoms with Crippen molar-refractivity contribution < 1.29 is 9.53 Å². The van der Waals surface area contributed by atoms with Gasteiger partial charge in [0, 0.05) is 43.3 Å². The summed E-state index contributed by atoms with van der Waals surface area (Å²) in [6, 6.07) is 3.80. The standard InChI is InChI=1S/C21H31N3O2/c1-15-8-19(9-16(2)22-15)20(25)24-13-21(14-24)10-18(6-7-23(21)3)12-26-11-17-4-5-17/h8-9,17-18H,4-7,10-14H2,1-3H3/t18-/m0/s1. The average molecular weight is 357 g/mol. The highest BCUT2D eigenvalue weighted by atomic mass is 16.5. The van der Waals surface area contributed by atoms with Crippen LogP contribution >= 0.6 is 0 Å². The van der Waals surface area contributed by atoms with Crippen molar-refractivity contribution in [2.75, 3.05) is 39.9 Å². The second kappa shape index (κ2) is 6.93. The number of piperidine rings is 1. The van der Waals surface area contributed by atoms with Crippen molar-refractivity contribution in [3.63, 3.8) is 0 Å². The minimum absolute atomic E-state index is 0.143. The third-order valence-electron chi connectivity index (χ3n) is 6.34. The average Bonchev–Trinajstić information content (AvgIpc) is 3.37. The quantitative estimate of drug-likeness (QED) is 0.813. The molecule has 2 aliphatic heterocycles. The van der Waals surface area contributed by atoms with Crippen molar-refractivity contribution in [1.29, 1.82) is 0 Å². The fraction of sp³-hybridized carbons (Fsp3) is 0.714. The number of hydrogen-bond acceptors (Lipinski definition) is 4. The first-order chi connectivity index (χ1) is 12.4. The molecule has 1 amide bonds. The van der Waals surface area contributed by atoms with Gasteiger partial charge in [0.15, 0.2) is 0 Å². The van der Waals surface area contributed by atoms with E-state index in [-0.39, 0.29) is 11.4 Å². The fourth-order valence-electron chi connectivity index (χ4n) is 4.56. The maximum absolute atomic E-state index is 12.9. The number of carbonyl (C=O) groups is 1. The summed E-state index contributed by atoms with van der Waals surface area (Å²) in [7, 11) is 2.21. The van der Waals surface area contributed by atoms with Crippen molar-refractivity contribution in [3.05, 3.63) is 29.1 Å².